The number of para-hydroxylation sites is 1. The highest BCUT2D eigenvalue weighted by molar-refractivity contribution is 7.73. The second kappa shape index (κ2) is 4.81. The topological polar surface area (TPSA) is 54.6 Å². The van der Waals surface area contributed by atoms with Crippen LogP contribution in [-0.2, 0) is 11.8 Å². The number of thiazole rings is 1. The molecule has 0 aliphatic carbocycles. The monoisotopic (exact) mass is 302 g/mol. The van der Waals surface area contributed by atoms with Crippen molar-refractivity contribution in [3.8, 4) is 5.88 Å². The number of carbonyl (C=O) groups excluding carboxylic acids is 1. The van der Waals surface area contributed by atoms with Gasteiger partial charge < -0.3 is 5.11 Å². The molecule has 0 saturated carbocycles. The average molecular weight is 302 g/mol. The van der Waals surface area contributed by atoms with Gasteiger partial charge in [-0.1, -0.05) is 18.2 Å². The third kappa shape index (κ3) is 2.13. The van der Waals surface area contributed by atoms with E-state index < -0.39 is 0 Å². The number of aromatic nitrogens is 1. The van der Waals surface area contributed by atoms with E-state index >= 15 is 0 Å². The smallest absolute Gasteiger partial charge is 0.277 e. The molecule has 6 heteroatoms. The van der Waals surface area contributed by atoms with E-state index in [0.29, 0.717) is 19.8 Å². The van der Waals surface area contributed by atoms with Crippen LogP contribution in [0.15, 0.2) is 34.8 Å². The fourth-order valence-corrected chi connectivity index (χ4v) is 3.09. The number of hydrogen-bond donors (Lipinski definition) is 1. The first-order valence-corrected chi connectivity index (χ1v) is 7.09. The van der Waals surface area contributed by atoms with Crippen LogP contribution in [-0.4, -0.2) is 15.6 Å². The molecule has 0 radical (unpaired) electrons. The predicted molar refractivity (Wildman–Crippen MR) is 80.5 cm³/mol. The van der Waals surface area contributed by atoms with Crippen LogP contribution < -0.4 is 10.6 Å². The summed E-state index contributed by atoms with van der Waals surface area (Å²) in [6, 6.07) is 7.42. The minimum absolute atomic E-state index is 0.0626. The maximum absolute atomic E-state index is 12.0. The van der Waals surface area contributed by atoms with E-state index in [9.17, 15) is 9.90 Å². The second-order valence-electron chi connectivity index (χ2n) is 4.33. The molecule has 1 aromatic heterocycles. The number of aromatic hydroxyl groups is 1. The zero-order valence-electron chi connectivity index (χ0n) is 10.5. The average Bonchev–Trinajstić information content (AvgIpc) is 2.67. The van der Waals surface area contributed by atoms with Gasteiger partial charge in [0.1, 0.15) is 0 Å². The molecule has 1 amide bonds. The molecule has 0 atom stereocenters. The minimum Gasteiger partial charge on any atom is -0.493 e. The Morgan fingerprint density at radius 1 is 1.40 bits per heavy atom. The lowest BCUT2D eigenvalue weighted by Crippen LogP contribution is -2.29. The lowest BCUT2D eigenvalue weighted by atomic mass is 10.1. The van der Waals surface area contributed by atoms with Crippen LogP contribution in [0.25, 0.3) is 12.2 Å². The van der Waals surface area contributed by atoms with Crippen molar-refractivity contribution in [2.75, 3.05) is 0 Å². The maximum atomic E-state index is 12.0. The van der Waals surface area contributed by atoms with Gasteiger partial charge >= 0.3 is 0 Å². The molecule has 0 bridgehead atoms. The van der Waals surface area contributed by atoms with E-state index in [2.05, 4.69) is 4.99 Å². The lowest BCUT2D eigenvalue weighted by molar-refractivity contribution is -0.114. The van der Waals surface area contributed by atoms with Gasteiger partial charge in [-0.2, -0.15) is 0 Å². The number of benzene rings is 1. The van der Waals surface area contributed by atoms with Crippen molar-refractivity contribution < 1.29 is 9.90 Å². The van der Waals surface area contributed by atoms with Crippen LogP contribution in [0.3, 0.4) is 0 Å². The van der Waals surface area contributed by atoms with Gasteiger partial charge in [0, 0.05) is 17.8 Å². The highest BCUT2D eigenvalue weighted by Gasteiger charge is 2.13. The summed E-state index contributed by atoms with van der Waals surface area (Å²) in [4.78, 5) is 16.6. The molecule has 4 nitrogen and oxygen atoms in total. The number of amides is 1. The minimum atomic E-state index is -0.315. The fraction of sp³-hybridized carbons (Fsp3) is 0.0714. The van der Waals surface area contributed by atoms with Crippen molar-refractivity contribution in [1.29, 1.82) is 0 Å². The Morgan fingerprint density at radius 2 is 2.15 bits per heavy atom. The van der Waals surface area contributed by atoms with Crippen LogP contribution >= 0.6 is 23.6 Å². The molecule has 0 fully saturated rings. The molecule has 1 aromatic carbocycles. The van der Waals surface area contributed by atoms with Crippen molar-refractivity contribution in [3.63, 3.8) is 0 Å². The molecule has 1 N–H and O–H groups in total. The van der Waals surface area contributed by atoms with Gasteiger partial charge in [-0.25, -0.2) is 4.99 Å². The van der Waals surface area contributed by atoms with Gasteiger partial charge in [0.05, 0.1) is 10.2 Å². The highest BCUT2D eigenvalue weighted by Crippen LogP contribution is 2.27. The zero-order chi connectivity index (χ0) is 14.3. The number of carbonyl (C=O) groups is 1. The first kappa shape index (κ1) is 13.0. The SMILES string of the molecule is Cn1c(O)c(/C=C2/C=c3ccccc3=NC2=O)sc1=S. The summed E-state index contributed by atoms with van der Waals surface area (Å²) in [6.45, 7) is 0. The molecule has 2 heterocycles. The van der Waals surface area contributed by atoms with Crippen LogP contribution in [0.1, 0.15) is 4.88 Å². The van der Waals surface area contributed by atoms with E-state index in [1.165, 1.54) is 15.9 Å². The Morgan fingerprint density at radius 3 is 2.85 bits per heavy atom. The Balaban J connectivity index is 2.18. The highest BCUT2D eigenvalue weighted by atomic mass is 32.1. The van der Waals surface area contributed by atoms with Gasteiger partial charge in [-0.05, 0) is 30.4 Å². The summed E-state index contributed by atoms with van der Waals surface area (Å²) in [5, 5.41) is 11.5. The summed E-state index contributed by atoms with van der Waals surface area (Å²) in [7, 11) is 1.68. The van der Waals surface area contributed by atoms with Crippen molar-refractivity contribution in [2.24, 2.45) is 12.0 Å². The summed E-state index contributed by atoms with van der Waals surface area (Å²) in [5.74, 6) is -0.252. The van der Waals surface area contributed by atoms with Crippen molar-refractivity contribution in [1.82, 2.24) is 4.57 Å². The maximum Gasteiger partial charge on any atom is 0.277 e. The van der Waals surface area contributed by atoms with Gasteiger partial charge in [0.25, 0.3) is 5.91 Å². The Kier molecular flexibility index (Phi) is 3.11. The van der Waals surface area contributed by atoms with Crippen molar-refractivity contribution >= 4 is 41.6 Å². The third-order valence-electron chi connectivity index (χ3n) is 3.01. The van der Waals surface area contributed by atoms with E-state index in [-0.39, 0.29) is 11.8 Å². The van der Waals surface area contributed by atoms with E-state index in [4.69, 9.17) is 12.2 Å². The fourth-order valence-electron chi connectivity index (χ4n) is 1.91. The molecule has 0 unspecified atom stereocenters. The second-order valence-corrected chi connectivity index (χ2v) is 6.01. The zero-order valence-corrected chi connectivity index (χ0v) is 12.2. The van der Waals surface area contributed by atoms with Gasteiger partial charge in [-0.3, -0.25) is 9.36 Å². The standard InChI is InChI=1S/C14H10N2O2S2/c1-16-13(18)11(20-14(16)19)7-9-6-8-4-2-3-5-10(8)15-12(9)17/h2-7,18H,1H3/b9-7-. The number of fused-ring (bicyclic) bond motifs is 1. The van der Waals surface area contributed by atoms with E-state index in [1.54, 1.807) is 25.3 Å². The van der Waals surface area contributed by atoms with Gasteiger partial charge in [0.15, 0.2) is 3.95 Å². The Labute approximate surface area is 123 Å². The molecule has 20 heavy (non-hydrogen) atoms. The quantitative estimate of drug-likeness (QED) is 0.642. The van der Waals surface area contributed by atoms with Crippen molar-refractivity contribution in [3.05, 3.63) is 49.2 Å². The molecular weight excluding hydrogens is 292 g/mol. The van der Waals surface area contributed by atoms with E-state index in [1.807, 2.05) is 18.2 Å². The summed E-state index contributed by atoms with van der Waals surface area (Å²) in [5.41, 5.74) is 0.441. The third-order valence-corrected chi connectivity index (χ3v) is 4.51. The van der Waals surface area contributed by atoms with Gasteiger partial charge in [0.2, 0.25) is 5.88 Å². The molecule has 2 aromatic rings. The molecule has 0 saturated heterocycles. The summed E-state index contributed by atoms with van der Waals surface area (Å²) in [6.07, 6.45) is 3.39. The summed E-state index contributed by atoms with van der Waals surface area (Å²) >= 11 is 6.35. The Hall–Kier alpha value is -2.05. The molecular formula is C14H10N2O2S2. The lowest BCUT2D eigenvalue weighted by Gasteiger charge is -2.02. The number of nitrogens with zero attached hydrogens (tertiary/aromatic N) is 2. The Bertz CT molecular complexity index is 919. The summed E-state index contributed by atoms with van der Waals surface area (Å²) < 4.78 is 2.06. The molecule has 1 aliphatic heterocycles. The largest absolute Gasteiger partial charge is 0.493 e. The van der Waals surface area contributed by atoms with Gasteiger partial charge in [-0.15, -0.1) is 11.3 Å². The molecule has 3 rings (SSSR count). The van der Waals surface area contributed by atoms with E-state index in [0.717, 1.165) is 5.22 Å². The first-order valence-electron chi connectivity index (χ1n) is 5.86. The van der Waals surface area contributed by atoms with Crippen LogP contribution in [0.2, 0.25) is 0 Å². The molecule has 1 aliphatic rings. The predicted octanol–water partition coefficient (Wildman–Crippen LogP) is 1.55. The molecule has 0 spiro atoms. The van der Waals surface area contributed by atoms with Crippen molar-refractivity contribution in [2.45, 2.75) is 0 Å². The van der Waals surface area contributed by atoms with Crippen LogP contribution in [0.4, 0.5) is 0 Å². The first-order chi connectivity index (χ1) is 9.56. The van der Waals surface area contributed by atoms with Crippen LogP contribution in [0.5, 0.6) is 5.88 Å². The number of hydrogen-bond acceptors (Lipinski definition) is 4. The molecule has 100 valence electrons. The normalized spacial score (nSPS) is 15.7. The number of rotatable bonds is 1. The van der Waals surface area contributed by atoms with Crippen LogP contribution in [0, 0.1) is 3.95 Å².